The molecular formula is C28H42FN. The van der Waals surface area contributed by atoms with E-state index < -0.39 is 0 Å². The first-order valence-electron chi connectivity index (χ1n) is 12.9. The molecule has 166 valence electrons. The largest absolute Gasteiger partial charge is 0.206 e. The Balaban J connectivity index is 1.27. The fourth-order valence-corrected chi connectivity index (χ4v) is 6.15. The Kier molecular flexibility index (Phi) is 9.70. The average molecular weight is 412 g/mol. The highest BCUT2D eigenvalue weighted by Gasteiger charge is 2.30. The maximum Gasteiger partial charge on any atom is 0.141 e. The fourth-order valence-electron chi connectivity index (χ4n) is 6.15. The molecule has 0 aliphatic heterocycles. The summed E-state index contributed by atoms with van der Waals surface area (Å²) in [4.78, 5) is 0. The van der Waals surface area contributed by atoms with E-state index in [1.807, 2.05) is 12.1 Å². The number of nitriles is 1. The van der Waals surface area contributed by atoms with Gasteiger partial charge >= 0.3 is 0 Å². The number of rotatable bonds is 10. The first-order chi connectivity index (χ1) is 14.7. The summed E-state index contributed by atoms with van der Waals surface area (Å²) in [7, 11) is 0. The summed E-state index contributed by atoms with van der Waals surface area (Å²) in [6.45, 7) is 2.31. The molecule has 30 heavy (non-hydrogen) atoms. The minimum atomic E-state index is -0.372. The van der Waals surface area contributed by atoms with Gasteiger partial charge in [-0.25, -0.2) is 4.39 Å². The van der Waals surface area contributed by atoms with Gasteiger partial charge in [0.2, 0.25) is 0 Å². The average Bonchev–Trinajstić information content (AvgIpc) is 2.78. The van der Waals surface area contributed by atoms with Crippen LogP contribution in [0.5, 0.6) is 0 Å². The third-order valence-electron chi connectivity index (χ3n) is 8.15. The summed E-state index contributed by atoms with van der Waals surface area (Å²) in [5.74, 6) is 3.63. The minimum Gasteiger partial charge on any atom is -0.206 e. The molecule has 2 saturated carbocycles. The lowest BCUT2D eigenvalue weighted by Crippen LogP contribution is -2.25. The van der Waals surface area contributed by atoms with E-state index in [-0.39, 0.29) is 11.4 Å². The minimum absolute atomic E-state index is 0.153. The van der Waals surface area contributed by atoms with Crippen LogP contribution in [0.15, 0.2) is 18.2 Å². The zero-order valence-corrected chi connectivity index (χ0v) is 19.2. The van der Waals surface area contributed by atoms with E-state index in [4.69, 9.17) is 5.26 Å². The third-order valence-corrected chi connectivity index (χ3v) is 8.15. The summed E-state index contributed by atoms with van der Waals surface area (Å²) in [6.07, 6.45) is 22.2. The second-order valence-corrected chi connectivity index (χ2v) is 10.2. The van der Waals surface area contributed by atoms with Crippen LogP contribution in [0, 0.1) is 40.8 Å². The Hall–Kier alpha value is -1.36. The maximum atomic E-state index is 13.7. The van der Waals surface area contributed by atoms with Crippen molar-refractivity contribution in [3.8, 4) is 6.07 Å². The van der Waals surface area contributed by atoms with Crippen molar-refractivity contribution in [2.45, 2.75) is 110 Å². The molecule has 3 rings (SSSR count). The van der Waals surface area contributed by atoms with Crippen LogP contribution in [-0.2, 0) is 6.42 Å². The van der Waals surface area contributed by atoms with Gasteiger partial charge in [0.25, 0.3) is 0 Å². The molecule has 0 amide bonds. The van der Waals surface area contributed by atoms with Gasteiger partial charge in [-0.3, -0.25) is 0 Å². The zero-order valence-electron chi connectivity index (χ0n) is 19.2. The number of hydrogen-bond donors (Lipinski definition) is 0. The van der Waals surface area contributed by atoms with Crippen molar-refractivity contribution in [3.05, 3.63) is 35.1 Å². The van der Waals surface area contributed by atoms with Gasteiger partial charge in [-0.15, -0.1) is 0 Å². The van der Waals surface area contributed by atoms with E-state index in [9.17, 15) is 4.39 Å². The van der Waals surface area contributed by atoms with Crippen LogP contribution in [0.3, 0.4) is 0 Å². The number of benzene rings is 1. The molecule has 2 aliphatic rings. The summed E-state index contributed by atoms with van der Waals surface area (Å²) >= 11 is 0. The molecule has 1 aromatic carbocycles. The monoisotopic (exact) mass is 411 g/mol. The SMILES string of the molecule is CCCCC[C@H]1CC[C@H]([C@H]2CC[C@H](CCCCc3ccc(C#N)c(F)c3)CC2)CC1. The van der Waals surface area contributed by atoms with Crippen molar-refractivity contribution >= 4 is 0 Å². The standard InChI is InChI=1S/C28H42FN/c1-2-3-4-7-22-10-15-25(16-11-22)26-17-12-23(13-18-26)8-5-6-9-24-14-19-27(21-30)28(29)20-24/h14,19-20,22-23,25-26H,2-13,15-18H2,1H3/t22-,23-,25-,26-. The van der Waals surface area contributed by atoms with Gasteiger partial charge in [0.05, 0.1) is 5.56 Å². The topological polar surface area (TPSA) is 23.8 Å². The van der Waals surface area contributed by atoms with Crippen LogP contribution in [0.4, 0.5) is 4.39 Å². The molecule has 0 radical (unpaired) electrons. The van der Waals surface area contributed by atoms with Gasteiger partial charge < -0.3 is 0 Å². The van der Waals surface area contributed by atoms with Gasteiger partial charge in [-0.2, -0.15) is 5.26 Å². The van der Waals surface area contributed by atoms with Crippen molar-refractivity contribution in [2.75, 3.05) is 0 Å². The van der Waals surface area contributed by atoms with E-state index in [1.165, 1.54) is 89.9 Å². The number of hydrogen-bond acceptors (Lipinski definition) is 1. The van der Waals surface area contributed by atoms with E-state index >= 15 is 0 Å². The Morgan fingerprint density at radius 2 is 1.40 bits per heavy atom. The van der Waals surface area contributed by atoms with E-state index in [0.717, 1.165) is 42.1 Å². The molecule has 0 aromatic heterocycles. The van der Waals surface area contributed by atoms with Gasteiger partial charge in [-0.05, 0) is 79.9 Å². The predicted octanol–water partition coefficient (Wildman–Crippen LogP) is 8.60. The molecule has 0 spiro atoms. The summed E-state index contributed by atoms with van der Waals surface area (Å²) in [6, 6.07) is 6.96. The maximum absolute atomic E-state index is 13.7. The number of aryl methyl sites for hydroxylation is 1. The van der Waals surface area contributed by atoms with E-state index in [1.54, 1.807) is 12.1 Å². The van der Waals surface area contributed by atoms with Crippen LogP contribution in [0.2, 0.25) is 0 Å². The fraction of sp³-hybridized carbons (Fsp3) is 0.750. The van der Waals surface area contributed by atoms with E-state index in [0.29, 0.717) is 0 Å². The van der Waals surface area contributed by atoms with Crippen LogP contribution in [0.25, 0.3) is 0 Å². The molecule has 0 heterocycles. The Morgan fingerprint density at radius 3 is 1.90 bits per heavy atom. The molecule has 0 unspecified atom stereocenters. The molecule has 2 aliphatic carbocycles. The molecule has 0 bridgehead atoms. The van der Waals surface area contributed by atoms with Crippen molar-refractivity contribution in [1.82, 2.24) is 0 Å². The number of halogens is 1. The van der Waals surface area contributed by atoms with Crippen molar-refractivity contribution < 1.29 is 4.39 Å². The summed E-state index contributed by atoms with van der Waals surface area (Å²) < 4.78 is 13.7. The van der Waals surface area contributed by atoms with Crippen LogP contribution < -0.4 is 0 Å². The first-order valence-corrected chi connectivity index (χ1v) is 12.9. The van der Waals surface area contributed by atoms with Crippen LogP contribution >= 0.6 is 0 Å². The highest BCUT2D eigenvalue weighted by atomic mass is 19.1. The second kappa shape index (κ2) is 12.5. The predicted molar refractivity (Wildman–Crippen MR) is 124 cm³/mol. The highest BCUT2D eigenvalue weighted by molar-refractivity contribution is 5.33. The van der Waals surface area contributed by atoms with Crippen molar-refractivity contribution in [3.63, 3.8) is 0 Å². The van der Waals surface area contributed by atoms with Crippen molar-refractivity contribution in [1.29, 1.82) is 5.26 Å². The molecule has 0 atom stereocenters. The Bertz CT molecular complexity index is 660. The molecular weight excluding hydrogens is 369 g/mol. The second-order valence-electron chi connectivity index (χ2n) is 10.2. The number of unbranched alkanes of at least 4 members (excludes halogenated alkanes) is 3. The van der Waals surface area contributed by atoms with Gasteiger partial charge in [0, 0.05) is 0 Å². The Morgan fingerprint density at radius 1 is 0.833 bits per heavy atom. The normalized spacial score (nSPS) is 27.0. The lowest BCUT2D eigenvalue weighted by atomic mass is 9.68. The van der Waals surface area contributed by atoms with Crippen LogP contribution in [-0.4, -0.2) is 0 Å². The molecule has 2 heteroatoms. The highest BCUT2D eigenvalue weighted by Crippen LogP contribution is 2.43. The molecule has 0 saturated heterocycles. The lowest BCUT2D eigenvalue weighted by Gasteiger charge is -2.38. The number of nitrogens with zero attached hydrogens (tertiary/aromatic N) is 1. The van der Waals surface area contributed by atoms with E-state index in [2.05, 4.69) is 6.92 Å². The van der Waals surface area contributed by atoms with Crippen molar-refractivity contribution in [2.24, 2.45) is 23.7 Å². The van der Waals surface area contributed by atoms with Gasteiger partial charge in [0.15, 0.2) is 0 Å². The van der Waals surface area contributed by atoms with Gasteiger partial charge in [-0.1, -0.05) is 77.2 Å². The molecule has 2 fully saturated rings. The molecule has 1 aromatic rings. The first kappa shape index (κ1) is 23.3. The molecule has 1 nitrogen and oxygen atoms in total. The third kappa shape index (κ3) is 7.11. The van der Waals surface area contributed by atoms with Crippen LogP contribution in [0.1, 0.15) is 114 Å². The zero-order chi connectivity index (χ0) is 21.2. The smallest absolute Gasteiger partial charge is 0.141 e. The Labute approximate surface area is 184 Å². The quantitative estimate of drug-likeness (QED) is 0.353. The summed E-state index contributed by atoms with van der Waals surface area (Å²) in [5, 5.41) is 8.83. The van der Waals surface area contributed by atoms with Gasteiger partial charge in [0.1, 0.15) is 11.9 Å². The lowest BCUT2D eigenvalue weighted by molar-refractivity contribution is 0.139. The molecule has 0 N–H and O–H groups in total. The summed E-state index contributed by atoms with van der Waals surface area (Å²) in [5.41, 5.74) is 1.18.